The number of rotatable bonds is 5. The SMILES string of the molecule is CC(=O)Nc1ccc(/C=N/Nc2ccc(C(=O)O)cc2)cc1. The van der Waals surface area contributed by atoms with Crippen LogP contribution >= 0.6 is 0 Å². The van der Waals surface area contributed by atoms with Gasteiger partial charge in [-0.15, -0.1) is 0 Å². The van der Waals surface area contributed by atoms with Gasteiger partial charge in [0.2, 0.25) is 5.91 Å². The number of aromatic carboxylic acids is 1. The zero-order valence-electron chi connectivity index (χ0n) is 11.9. The van der Waals surface area contributed by atoms with Crippen LogP contribution in [0.5, 0.6) is 0 Å². The lowest BCUT2D eigenvalue weighted by atomic mass is 10.2. The van der Waals surface area contributed by atoms with Crippen molar-refractivity contribution in [2.75, 3.05) is 10.7 Å². The number of amides is 1. The first-order valence-electron chi connectivity index (χ1n) is 6.55. The first-order valence-corrected chi connectivity index (χ1v) is 6.55. The summed E-state index contributed by atoms with van der Waals surface area (Å²) in [6.45, 7) is 1.45. The van der Waals surface area contributed by atoms with Gasteiger partial charge in [-0.25, -0.2) is 4.79 Å². The number of nitrogens with zero attached hydrogens (tertiary/aromatic N) is 1. The molecule has 2 rings (SSSR count). The van der Waals surface area contributed by atoms with Crippen molar-refractivity contribution in [2.24, 2.45) is 5.10 Å². The van der Waals surface area contributed by atoms with E-state index < -0.39 is 5.97 Å². The van der Waals surface area contributed by atoms with Crippen LogP contribution in [0.15, 0.2) is 53.6 Å². The highest BCUT2D eigenvalue weighted by atomic mass is 16.4. The fourth-order valence-electron chi connectivity index (χ4n) is 1.72. The van der Waals surface area contributed by atoms with Gasteiger partial charge in [-0.3, -0.25) is 10.2 Å². The number of hydrazone groups is 1. The van der Waals surface area contributed by atoms with Crippen LogP contribution in [0.4, 0.5) is 11.4 Å². The Morgan fingerprint density at radius 2 is 1.59 bits per heavy atom. The van der Waals surface area contributed by atoms with Crippen molar-refractivity contribution in [3.05, 3.63) is 59.7 Å². The molecule has 0 heterocycles. The highest BCUT2D eigenvalue weighted by Crippen LogP contribution is 2.10. The Morgan fingerprint density at radius 3 is 2.14 bits per heavy atom. The van der Waals surface area contributed by atoms with Gasteiger partial charge in [-0.05, 0) is 42.0 Å². The average molecular weight is 297 g/mol. The van der Waals surface area contributed by atoms with Crippen LogP contribution in [-0.4, -0.2) is 23.2 Å². The van der Waals surface area contributed by atoms with Crippen molar-refractivity contribution in [3.8, 4) is 0 Å². The second-order valence-corrected chi connectivity index (χ2v) is 4.56. The van der Waals surface area contributed by atoms with Crippen LogP contribution in [0.25, 0.3) is 0 Å². The summed E-state index contributed by atoms with van der Waals surface area (Å²) < 4.78 is 0. The van der Waals surface area contributed by atoms with Crippen molar-refractivity contribution in [1.29, 1.82) is 0 Å². The number of hydrogen-bond donors (Lipinski definition) is 3. The largest absolute Gasteiger partial charge is 0.478 e. The fraction of sp³-hybridized carbons (Fsp3) is 0.0625. The number of carbonyl (C=O) groups is 2. The summed E-state index contributed by atoms with van der Waals surface area (Å²) in [5, 5.41) is 15.5. The Hall–Kier alpha value is -3.15. The number of carbonyl (C=O) groups excluding carboxylic acids is 1. The molecule has 6 heteroatoms. The molecule has 1 amide bonds. The summed E-state index contributed by atoms with van der Waals surface area (Å²) in [7, 11) is 0. The molecule has 0 atom stereocenters. The van der Waals surface area contributed by atoms with Crippen LogP contribution in [0.1, 0.15) is 22.8 Å². The topological polar surface area (TPSA) is 90.8 Å². The van der Waals surface area contributed by atoms with Gasteiger partial charge in [0.15, 0.2) is 0 Å². The van der Waals surface area contributed by atoms with E-state index in [0.717, 1.165) is 11.3 Å². The van der Waals surface area contributed by atoms with Gasteiger partial charge >= 0.3 is 5.97 Å². The maximum absolute atomic E-state index is 10.9. The normalized spacial score (nSPS) is 10.4. The van der Waals surface area contributed by atoms with E-state index in [-0.39, 0.29) is 11.5 Å². The zero-order valence-corrected chi connectivity index (χ0v) is 11.9. The van der Waals surface area contributed by atoms with Crippen LogP contribution < -0.4 is 10.7 Å². The molecule has 0 spiro atoms. The summed E-state index contributed by atoms with van der Waals surface area (Å²) in [5.74, 6) is -1.08. The van der Waals surface area contributed by atoms with Crippen molar-refractivity contribution >= 4 is 29.5 Å². The minimum Gasteiger partial charge on any atom is -0.478 e. The molecule has 0 saturated heterocycles. The number of carboxylic acid groups (broad SMARTS) is 1. The van der Waals surface area contributed by atoms with Crippen LogP contribution in [0.2, 0.25) is 0 Å². The molecule has 0 aliphatic heterocycles. The molecular formula is C16H15N3O3. The summed E-state index contributed by atoms with van der Waals surface area (Å²) in [5.41, 5.74) is 5.32. The molecule has 2 aromatic rings. The molecule has 0 unspecified atom stereocenters. The van der Waals surface area contributed by atoms with E-state index >= 15 is 0 Å². The van der Waals surface area contributed by atoms with Gasteiger partial charge in [-0.2, -0.15) is 5.10 Å². The van der Waals surface area contributed by atoms with Crippen molar-refractivity contribution in [2.45, 2.75) is 6.92 Å². The lowest BCUT2D eigenvalue weighted by Crippen LogP contribution is -2.05. The van der Waals surface area contributed by atoms with E-state index in [2.05, 4.69) is 15.8 Å². The molecule has 0 aromatic heterocycles. The first-order chi connectivity index (χ1) is 10.5. The minimum absolute atomic E-state index is 0.118. The molecule has 0 aliphatic rings. The fourth-order valence-corrected chi connectivity index (χ4v) is 1.72. The van der Waals surface area contributed by atoms with Gasteiger partial charge in [0.1, 0.15) is 0 Å². The van der Waals surface area contributed by atoms with E-state index in [1.165, 1.54) is 19.1 Å². The van der Waals surface area contributed by atoms with E-state index in [9.17, 15) is 9.59 Å². The van der Waals surface area contributed by atoms with Gasteiger partial charge in [0, 0.05) is 12.6 Å². The van der Waals surface area contributed by atoms with Crippen molar-refractivity contribution in [3.63, 3.8) is 0 Å². The summed E-state index contributed by atoms with van der Waals surface area (Å²) in [6, 6.07) is 13.5. The second-order valence-electron chi connectivity index (χ2n) is 4.56. The molecule has 2 aromatic carbocycles. The Labute approximate surface area is 127 Å². The summed E-state index contributed by atoms with van der Waals surface area (Å²) >= 11 is 0. The van der Waals surface area contributed by atoms with Gasteiger partial charge in [-0.1, -0.05) is 12.1 Å². The number of benzene rings is 2. The first kappa shape index (κ1) is 15.2. The second kappa shape index (κ2) is 7.03. The average Bonchev–Trinajstić information content (AvgIpc) is 2.49. The Kier molecular flexibility index (Phi) is 4.87. The lowest BCUT2D eigenvalue weighted by molar-refractivity contribution is -0.114. The monoisotopic (exact) mass is 297 g/mol. The van der Waals surface area contributed by atoms with E-state index in [1.54, 1.807) is 30.5 Å². The van der Waals surface area contributed by atoms with Gasteiger partial charge < -0.3 is 10.4 Å². The molecule has 0 saturated carbocycles. The molecule has 0 aliphatic carbocycles. The molecule has 112 valence electrons. The smallest absolute Gasteiger partial charge is 0.335 e. The number of anilines is 2. The van der Waals surface area contributed by atoms with E-state index in [1.807, 2.05) is 12.1 Å². The predicted octanol–water partition coefficient (Wildman–Crippen LogP) is 2.79. The zero-order chi connectivity index (χ0) is 15.9. The molecule has 22 heavy (non-hydrogen) atoms. The lowest BCUT2D eigenvalue weighted by Gasteiger charge is -2.02. The standard InChI is InChI=1S/C16H15N3O3/c1-11(20)18-14-6-2-12(3-7-14)10-17-19-15-8-4-13(5-9-15)16(21)22/h2-10,19H,1H3,(H,18,20)(H,21,22)/b17-10+. The van der Waals surface area contributed by atoms with E-state index in [0.29, 0.717) is 5.69 Å². The molecule has 0 radical (unpaired) electrons. The number of nitrogens with one attached hydrogen (secondary N) is 2. The van der Waals surface area contributed by atoms with Gasteiger partial charge in [0.05, 0.1) is 17.5 Å². The molecule has 0 fully saturated rings. The molecule has 0 bridgehead atoms. The maximum atomic E-state index is 10.9. The third kappa shape index (κ3) is 4.45. The van der Waals surface area contributed by atoms with Crippen LogP contribution in [0, 0.1) is 0 Å². The number of carboxylic acids is 1. The number of hydrogen-bond acceptors (Lipinski definition) is 4. The van der Waals surface area contributed by atoms with Crippen LogP contribution in [0.3, 0.4) is 0 Å². The molecule has 3 N–H and O–H groups in total. The maximum Gasteiger partial charge on any atom is 0.335 e. The third-order valence-corrected chi connectivity index (χ3v) is 2.77. The Bertz CT molecular complexity index is 692. The predicted molar refractivity (Wildman–Crippen MR) is 85.4 cm³/mol. The van der Waals surface area contributed by atoms with Crippen molar-refractivity contribution < 1.29 is 14.7 Å². The highest BCUT2D eigenvalue weighted by Gasteiger charge is 2.00. The quantitative estimate of drug-likeness (QED) is 0.584. The minimum atomic E-state index is -0.964. The Morgan fingerprint density at radius 1 is 1.00 bits per heavy atom. The summed E-state index contributed by atoms with van der Waals surface area (Å²) in [4.78, 5) is 21.6. The van der Waals surface area contributed by atoms with Gasteiger partial charge in [0.25, 0.3) is 0 Å². The van der Waals surface area contributed by atoms with Crippen LogP contribution in [-0.2, 0) is 4.79 Å². The van der Waals surface area contributed by atoms with E-state index in [4.69, 9.17) is 5.11 Å². The van der Waals surface area contributed by atoms with Crippen molar-refractivity contribution in [1.82, 2.24) is 0 Å². The Balaban J connectivity index is 1.94. The molecule has 6 nitrogen and oxygen atoms in total. The third-order valence-electron chi connectivity index (χ3n) is 2.77. The molecular weight excluding hydrogens is 282 g/mol. The highest BCUT2D eigenvalue weighted by molar-refractivity contribution is 5.89. The summed E-state index contributed by atoms with van der Waals surface area (Å²) in [6.07, 6.45) is 1.63.